The number of hydrogen-bond acceptors (Lipinski definition) is 3. The fraction of sp³-hybridized carbons (Fsp3) is 0.450. The van der Waals surface area contributed by atoms with Gasteiger partial charge >= 0.3 is 0 Å². The number of ether oxygens (including phenoxy) is 1. The number of carbonyl (C=O) groups is 1. The van der Waals surface area contributed by atoms with Crippen molar-refractivity contribution in [2.75, 3.05) is 31.1 Å². The molecule has 1 fully saturated rings. The number of fused-ring (bicyclic) bond motifs is 1. The average molecular weight is 326 g/mol. The van der Waals surface area contributed by atoms with Crippen LogP contribution in [-0.4, -0.2) is 49.2 Å². The zero-order chi connectivity index (χ0) is 17.1. The topological polar surface area (TPSA) is 32.8 Å². The Bertz CT molecular complexity index is 700. The number of carbonyl (C=O) groups excluding carboxylic acids is 1. The minimum atomic E-state index is 0.148. The quantitative estimate of drug-likeness (QED) is 0.864. The number of benzene rings is 2. The SMILES string of the molecule is CCN(C(=O)CN1CC(C)OC(C)C1)c1cccc2ccccc12. The maximum atomic E-state index is 12.9. The lowest BCUT2D eigenvalue weighted by molar-refractivity contribution is -0.123. The average Bonchev–Trinajstić information content (AvgIpc) is 2.55. The summed E-state index contributed by atoms with van der Waals surface area (Å²) in [6.07, 6.45) is 0.350. The van der Waals surface area contributed by atoms with Crippen molar-refractivity contribution in [3.63, 3.8) is 0 Å². The van der Waals surface area contributed by atoms with E-state index in [4.69, 9.17) is 4.74 Å². The molecule has 1 aliphatic rings. The molecule has 1 amide bonds. The van der Waals surface area contributed by atoms with Crippen LogP contribution in [0, 0.1) is 0 Å². The van der Waals surface area contributed by atoms with Crippen LogP contribution in [0.5, 0.6) is 0 Å². The Labute approximate surface area is 144 Å². The van der Waals surface area contributed by atoms with Crippen molar-refractivity contribution in [1.29, 1.82) is 0 Å². The van der Waals surface area contributed by atoms with Gasteiger partial charge in [-0.3, -0.25) is 9.69 Å². The van der Waals surface area contributed by atoms with Crippen molar-refractivity contribution in [1.82, 2.24) is 4.90 Å². The fourth-order valence-electron chi connectivity index (χ4n) is 3.61. The smallest absolute Gasteiger partial charge is 0.241 e. The third kappa shape index (κ3) is 3.60. The summed E-state index contributed by atoms with van der Waals surface area (Å²) in [5.41, 5.74) is 0.995. The van der Waals surface area contributed by atoms with Gasteiger partial charge in [0, 0.05) is 25.0 Å². The Morgan fingerprint density at radius 3 is 2.50 bits per heavy atom. The lowest BCUT2D eigenvalue weighted by Crippen LogP contribution is -2.49. The number of hydrogen-bond donors (Lipinski definition) is 0. The predicted molar refractivity (Wildman–Crippen MR) is 98.4 cm³/mol. The molecule has 0 spiro atoms. The molecular formula is C20H26N2O2. The van der Waals surface area contributed by atoms with Crippen molar-refractivity contribution in [3.05, 3.63) is 42.5 Å². The first kappa shape index (κ1) is 16.9. The summed E-state index contributed by atoms with van der Waals surface area (Å²) >= 11 is 0. The molecule has 1 heterocycles. The van der Waals surface area contributed by atoms with Gasteiger partial charge in [0.25, 0.3) is 0 Å². The van der Waals surface area contributed by atoms with Gasteiger partial charge < -0.3 is 9.64 Å². The highest BCUT2D eigenvalue weighted by Gasteiger charge is 2.26. The number of anilines is 1. The van der Waals surface area contributed by atoms with Crippen LogP contribution in [0.2, 0.25) is 0 Å². The minimum Gasteiger partial charge on any atom is -0.373 e. The summed E-state index contributed by atoms with van der Waals surface area (Å²) in [6.45, 7) is 8.89. The van der Waals surface area contributed by atoms with E-state index in [0.29, 0.717) is 13.1 Å². The number of rotatable bonds is 4. The Hall–Kier alpha value is -1.91. The summed E-state index contributed by atoms with van der Waals surface area (Å²) in [6, 6.07) is 14.4. The van der Waals surface area contributed by atoms with E-state index in [0.717, 1.165) is 29.5 Å². The highest BCUT2D eigenvalue weighted by Crippen LogP contribution is 2.27. The highest BCUT2D eigenvalue weighted by molar-refractivity contribution is 6.04. The second-order valence-electron chi connectivity index (χ2n) is 6.59. The van der Waals surface area contributed by atoms with Crippen LogP contribution in [0.1, 0.15) is 20.8 Å². The molecule has 2 aromatic carbocycles. The molecule has 0 bridgehead atoms. The summed E-state index contributed by atoms with van der Waals surface area (Å²) in [5.74, 6) is 0.148. The third-order valence-corrected chi connectivity index (χ3v) is 4.53. The van der Waals surface area contributed by atoms with Gasteiger partial charge in [0.05, 0.1) is 24.4 Å². The van der Waals surface area contributed by atoms with E-state index in [1.165, 1.54) is 0 Å². The largest absolute Gasteiger partial charge is 0.373 e. The Morgan fingerprint density at radius 2 is 1.79 bits per heavy atom. The van der Waals surface area contributed by atoms with E-state index in [1.807, 2.05) is 36.1 Å². The molecule has 128 valence electrons. The van der Waals surface area contributed by atoms with Crippen molar-refractivity contribution in [2.24, 2.45) is 0 Å². The Kier molecular flexibility index (Phi) is 5.17. The summed E-state index contributed by atoms with van der Waals surface area (Å²) in [5, 5.41) is 2.29. The maximum Gasteiger partial charge on any atom is 0.241 e. The maximum absolute atomic E-state index is 12.9. The zero-order valence-corrected chi connectivity index (χ0v) is 14.7. The molecule has 1 saturated heterocycles. The van der Waals surface area contributed by atoms with Gasteiger partial charge in [0.2, 0.25) is 5.91 Å². The second-order valence-corrected chi connectivity index (χ2v) is 6.59. The molecule has 24 heavy (non-hydrogen) atoms. The molecule has 0 aromatic heterocycles. The van der Waals surface area contributed by atoms with Crippen LogP contribution in [0.25, 0.3) is 10.8 Å². The first-order valence-electron chi connectivity index (χ1n) is 8.74. The lowest BCUT2D eigenvalue weighted by Gasteiger charge is -2.36. The van der Waals surface area contributed by atoms with Crippen molar-refractivity contribution in [2.45, 2.75) is 33.0 Å². The number of nitrogens with zero attached hydrogens (tertiary/aromatic N) is 2. The van der Waals surface area contributed by atoms with Crippen LogP contribution in [-0.2, 0) is 9.53 Å². The van der Waals surface area contributed by atoms with Crippen molar-refractivity contribution < 1.29 is 9.53 Å². The van der Waals surface area contributed by atoms with Crippen LogP contribution < -0.4 is 4.90 Å². The van der Waals surface area contributed by atoms with Gasteiger partial charge in [0.1, 0.15) is 0 Å². The second kappa shape index (κ2) is 7.32. The zero-order valence-electron chi connectivity index (χ0n) is 14.7. The Balaban J connectivity index is 1.81. The van der Waals surface area contributed by atoms with Gasteiger partial charge in [-0.05, 0) is 32.2 Å². The molecule has 2 aromatic rings. The van der Waals surface area contributed by atoms with E-state index in [1.54, 1.807) is 0 Å². The van der Waals surface area contributed by atoms with Crippen LogP contribution in [0.15, 0.2) is 42.5 Å². The van der Waals surface area contributed by atoms with Gasteiger partial charge in [-0.25, -0.2) is 0 Å². The summed E-state index contributed by atoms with van der Waals surface area (Å²) < 4.78 is 5.76. The lowest BCUT2D eigenvalue weighted by atomic mass is 10.1. The molecule has 2 unspecified atom stereocenters. The fourth-order valence-corrected chi connectivity index (χ4v) is 3.61. The standard InChI is InChI=1S/C20H26N2O2/c1-4-22(19-11-7-9-17-8-5-6-10-18(17)19)20(23)14-21-12-15(2)24-16(3)13-21/h5-11,15-16H,4,12-14H2,1-3H3. The van der Waals surface area contributed by atoms with Gasteiger partial charge in [-0.15, -0.1) is 0 Å². The van der Waals surface area contributed by atoms with Crippen molar-refractivity contribution in [3.8, 4) is 0 Å². The van der Waals surface area contributed by atoms with Crippen molar-refractivity contribution >= 4 is 22.4 Å². The monoisotopic (exact) mass is 326 g/mol. The molecule has 2 atom stereocenters. The number of morpholine rings is 1. The molecule has 4 nitrogen and oxygen atoms in total. The van der Waals surface area contributed by atoms with E-state index >= 15 is 0 Å². The van der Waals surface area contributed by atoms with E-state index in [2.05, 4.69) is 36.9 Å². The van der Waals surface area contributed by atoms with E-state index in [-0.39, 0.29) is 18.1 Å². The predicted octanol–water partition coefficient (Wildman–Crippen LogP) is 3.30. The molecule has 0 saturated carbocycles. The van der Waals surface area contributed by atoms with Gasteiger partial charge in [-0.2, -0.15) is 0 Å². The molecule has 0 aliphatic carbocycles. The number of likely N-dealkylation sites (N-methyl/N-ethyl adjacent to an activating group) is 1. The summed E-state index contributed by atoms with van der Waals surface area (Å²) in [7, 11) is 0. The van der Waals surface area contributed by atoms with Gasteiger partial charge in [0.15, 0.2) is 0 Å². The molecule has 0 N–H and O–H groups in total. The minimum absolute atomic E-state index is 0.148. The first-order valence-corrected chi connectivity index (χ1v) is 8.74. The van der Waals surface area contributed by atoms with Gasteiger partial charge in [-0.1, -0.05) is 36.4 Å². The third-order valence-electron chi connectivity index (χ3n) is 4.53. The first-order chi connectivity index (χ1) is 11.6. The number of amides is 1. The van der Waals surface area contributed by atoms with E-state index in [9.17, 15) is 4.79 Å². The van der Waals surface area contributed by atoms with E-state index < -0.39 is 0 Å². The summed E-state index contributed by atoms with van der Waals surface area (Å²) in [4.78, 5) is 17.0. The van der Waals surface area contributed by atoms with Crippen LogP contribution >= 0.6 is 0 Å². The molecular weight excluding hydrogens is 300 g/mol. The molecule has 0 radical (unpaired) electrons. The molecule has 4 heteroatoms. The highest BCUT2D eigenvalue weighted by atomic mass is 16.5. The van der Waals surface area contributed by atoms with Crippen LogP contribution in [0.4, 0.5) is 5.69 Å². The normalized spacial score (nSPS) is 21.8. The van der Waals surface area contributed by atoms with Crippen LogP contribution in [0.3, 0.4) is 0 Å². The Morgan fingerprint density at radius 1 is 1.12 bits per heavy atom. The molecule has 1 aliphatic heterocycles. The molecule has 3 rings (SSSR count).